The number of carbonyl (C=O) groups is 1. The Balaban J connectivity index is 1.70. The Hall–Kier alpha value is -2.73. The number of aryl methyl sites for hydroxylation is 2. The monoisotopic (exact) mass is 364 g/mol. The number of rotatable bonds is 4. The van der Waals surface area contributed by atoms with Crippen molar-refractivity contribution >= 4 is 16.9 Å². The van der Waals surface area contributed by atoms with Crippen molar-refractivity contribution in [1.29, 1.82) is 0 Å². The second-order valence-electron chi connectivity index (χ2n) is 7.09. The second kappa shape index (κ2) is 7.48. The maximum absolute atomic E-state index is 13.0. The first-order valence-electron chi connectivity index (χ1n) is 9.39. The van der Waals surface area contributed by atoms with Gasteiger partial charge in [0.2, 0.25) is 0 Å². The molecular formula is C21H24N4O2. The van der Waals surface area contributed by atoms with E-state index < -0.39 is 0 Å². The van der Waals surface area contributed by atoms with Gasteiger partial charge in [-0.3, -0.25) is 9.48 Å². The third-order valence-electron chi connectivity index (χ3n) is 5.18. The Morgan fingerprint density at radius 1 is 1.26 bits per heavy atom. The van der Waals surface area contributed by atoms with Crippen molar-refractivity contribution in [2.24, 2.45) is 13.0 Å². The first-order valence-corrected chi connectivity index (χ1v) is 9.39. The van der Waals surface area contributed by atoms with E-state index >= 15 is 0 Å². The van der Waals surface area contributed by atoms with Crippen molar-refractivity contribution in [3.63, 3.8) is 0 Å². The van der Waals surface area contributed by atoms with Crippen molar-refractivity contribution < 1.29 is 9.53 Å². The van der Waals surface area contributed by atoms with Crippen LogP contribution >= 0.6 is 0 Å². The van der Waals surface area contributed by atoms with Gasteiger partial charge in [0, 0.05) is 32.4 Å². The van der Waals surface area contributed by atoms with Crippen LogP contribution in [0.5, 0.6) is 0 Å². The number of hydrogen-bond donors (Lipinski definition) is 1. The minimum atomic E-state index is -0.0674. The van der Waals surface area contributed by atoms with Crippen molar-refractivity contribution in [1.82, 2.24) is 20.1 Å². The lowest BCUT2D eigenvalue weighted by Gasteiger charge is -2.22. The Morgan fingerprint density at radius 2 is 2.00 bits per heavy atom. The van der Waals surface area contributed by atoms with Crippen LogP contribution in [0.2, 0.25) is 0 Å². The summed E-state index contributed by atoms with van der Waals surface area (Å²) in [4.78, 5) is 17.8. The number of pyridine rings is 1. The zero-order valence-corrected chi connectivity index (χ0v) is 15.7. The van der Waals surface area contributed by atoms with Crippen LogP contribution in [0.15, 0.2) is 36.4 Å². The number of ether oxygens (including phenoxy) is 1. The van der Waals surface area contributed by atoms with Gasteiger partial charge in [-0.1, -0.05) is 30.3 Å². The molecule has 0 atom stereocenters. The number of fused-ring (bicyclic) bond motifs is 1. The third-order valence-corrected chi connectivity index (χ3v) is 5.18. The van der Waals surface area contributed by atoms with Crippen molar-refractivity contribution in [3.8, 4) is 11.3 Å². The molecule has 2 aromatic heterocycles. The highest BCUT2D eigenvalue weighted by atomic mass is 16.5. The summed E-state index contributed by atoms with van der Waals surface area (Å²) >= 11 is 0. The van der Waals surface area contributed by atoms with Gasteiger partial charge in [-0.2, -0.15) is 5.10 Å². The van der Waals surface area contributed by atoms with Crippen LogP contribution in [0.1, 0.15) is 28.9 Å². The molecule has 1 amide bonds. The van der Waals surface area contributed by atoms with E-state index in [1.54, 1.807) is 4.68 Å². The Bertz CT molecular complexity index is 959. The van der Waals surface area contributed by atoms with Gasteiger partial charge in [0.15, 0.2) is 5.65 Å². The lowest BCUT2D eigenvalue weighted by Crippen LogP contribution is -2.32. The van der Waals surface area contributed by atoms with Gasteiger partial charge in [0.25, 0.3) is 5.91 Å². The predicted octanol–water partition coefficient (Wildman–Crippen LogP) is 3.10. The summed E-state index contributed by atoms with van der Waals surface area (Å²) in [6.45, 7) is 4.15. The molecule has 27 heavy (non-hydrogen) atoms. The van der Waals surface area contributed by atoms with Crippen molar-refractivity contribution in [2.75, 3.05) is 19.8 Å². The number of benzene rings is 1. The smallest absolute Gasteiger partial charge is 0.252 e. The molecule has 0 radical (unpaired) electrons. The van der Waals surface area contributed by atoms with E-state index in [1.165, 1.54) is 0 Å². The van der Waals surface area contributed by atoms with E-state index in [1.807, 2.05) is 50.4 Å². The Labute approximate surface area is 158 Å². The molecule has 1 aliphatic heterocycles. The summed E-state index contributed by atoms with van der Waals surface area (Å²) < 4.78 is 7.14. The molecule has 0 saturated carbocycles. The lowest BCUT2D eigenvalue weighted by atomic mass is 10.00. The van der Waals surface area contributed by atoms with Gasteiger partial charge in [-0.25, -0.2) is 4.98 Å². The van der Waals surface area contributed by atoms with Gasteiger partial charge in [0.1, 0.15) is 0 Å². The minimum absolute atomic E-state index is 0.0674. The first-order chi connectivity index (χ1) is 13.1. The van der Waals surface area contributed by atoms with Crippen LogP contribution in [0.25, 0.3) is 22.3 Å². The summed E-state index contributed by atoms with van der Waals surface area (Å²) in [6, 6.07) is 11.8. The molecule has 1 fully saturated rings. The summed E-state index contributed by atoms with van der Waals surface area (Å²) in [5.41, 5.74) is 3.94. The molecule has 0 unspecified atom stereocenters. The number of nitrogens with zero attached hydrogens (tertiary/aromatic N) is 3. The molecule has 6 heteroatoms. The Kier molecular flexibility index (Phi) is 4.90. The van der Waals surface area contributed by atoms with Crippen LogP contribution in [-0.2, 0) is 11.8 Å². The molecular weight excluding hydrogens is 340 g/mol. The number of carbonyl (C=O) groups excluding carboxylic acids is 1. The maximum Gasteiger partial charge on any atom is 0.252 e. The van der Waals surface area contributed by atoms with Crippen LogP contribution in [0, 0.1) is 12.8 Å². The second-order valence-corrected chi connectivity index (χ2v) is 7.09. The number of hydrogen-bond acceptors (Lipinski definition) is 4. The molecule has 1 aromatic carbocycles. The Morgan fingerprint density at radius 3 is 2.74 bits per heavy atom. The van der Waals surface area contributed by atoms with Crippen LogP contribution < -0.4 is 5.32 Å². The van der Waals surface area contributed by atoms with Gasteiger partial charge >= 0.3 is 0 Å². The summed E-state index contributed by atoms with van der Waals surface area (Å²) in [5, 5.41) is 8.41. The van der Waals surface area contributed by atoms with E-state index in [0.29, 0.717) is 18.0 Å². The quantitative estimate of drug-likeness (QED) is 0.772. The summed E-state index contributed by atoms with van der Waals surface area (Å²) in [5.74, 6) is 0.408. The molecule has 0 spiro atoms. The first kappa shape index (κ1) is 17.7. The molecule has 0 bridgehead atoms. The number of amides is 1. The molecule has 0 aliphatic carbocycles. The zero-order chi connectivity index (χ0) is 18.8. The zero-order valence-electron chi connectivity index (χ0n) is 15.7. The van der Waals surface area contributed by atoms with E-state index in [2.05, 4.69) is 10.4 Å². The number of aromatic nitrogens is 3. The van der Waals surface area contributed by atoms with Crippen molar-refractivity contribution in [2.45, 2.75) is 19.8 Å². The SMILES string of the molecule is Cc1nn(C)c2nc(-c3ccccc3)cc(C(=O)NCC3CCOCC3)c12. The molecule has 140 valence electrons. The van der Waals surface area contributed by atoms with E-state index in [-0.39, 0.29) is 5.91 Å². The summed E-state index contributed by atoms with van der Waals surface area (Å²) in [7, 11) is 1.86. The highest BCUT2D eigenvalue weighted by Crippen LogP contribution is 2.27. The molecule has 3 heterocycles. The molecule has 1 saturated heterocycles. The average molecular weight is 364 g/mol. The summed E-state index contributed by atoms with van der Waals surface area (Å²) in [6.07, 6.45) is 1.99. The highest BCUT2D eigenvalue weighted by molar-refractivity contribution is 6.07. The fourth-order valence-corrected chi connectivity index (χ4v) is 3.66. The normalized spacial score (nSPS) is 15.2. The molecule has 3 aromatic rings. The number of nitrogens with one attached hydrogen (secondary N) is 1. The molecule has 1 aliphatic rings. The van der Waals surface area contributed by atoms with E-state index in [4.69, 9.17) is 9.72 Å². The highest BCUT2D eigenvalue weighted by Gasteiger charge is 2.21. The van der Waals surface area contributed by atoms with Crippen LogP contribution in [0.3, 0.4) is 0 Å². The molecule has 6 nitrogen and oxygen atoms in total. The van der Waals surface area contributed by atoms with Crippen LogP contribution in [-0.4, -0.2) is 40.4 Å². The van der Waals surface area contributed by atoms with Crippen molar-refractivity contribution in [3.05, 3.63) is 47.7 Å². The van der Waals surface area contributed by atoms with Gasteiger partial charge in [-0.15, -0.1) is 0 Å². The minimum Gasteiger partial charge on any atom is -0.381 e. The fraction of sp³-hybridized carbons (Fsp3) is 0.381. The average Bonchev–Trinajstić information content (AvgIpc) is 3.00. The molecule has 4 rings (SSSR count). The topological polar surface area (TPSA) is 69.0 Å². The van der Waals surface area contributed by atoms with Crippen LogP contribution in [0.4, 0.5) is 0 Å². The molecule has 1 N–H and O–H groups in total. The largest absolute Gasteiger partial charge is 0.381 e. The maximum atomic E-state index is 13.0. The third kappa shape index (κ3) is 3.57. The van der Waals surface area contributed by atoms with E-state index in [0.717, 1.165) is 54.0 Å². The van der Waals surface area contributed by atoms with E-state index in [9.17, 15) is 4.79 Å². The predicted molar refractivity (Wildman–Crippen MR) is 105 cm³/mol. The lowest BCUT2D eigenvalue weighted by molar-refractivity contribution is 0.0643. The van der Waals surface area contributed by atoms with Gasteiger partial charge < -0.3 is 10.1 Å². The van der Waals surface area contributed by atoms with Gasteiger partial charge in [0.05, 0.1) is 22.3 Å². The fourth-order valence-electron chi connectivity index (χ4n) is 3.66. The standard InChI is InChI=1S/C21H24N4O2/c1-14-19-17(21(26)22-13-15-8-10-27-11-9-15)12-18(16-6-4-3-5-7-16)23-20(19)25(2)24-14/h3-7,12,15H,8-11,13H2,1-2H3,(H,22,26). The van der Waals surface area contributed by atoms with Gasteiger partial charge in [-0.05, 0) is 31.7 Å².